The van der Waals surface area contributed by atoms with E-state index in [1.165, 1.54) is 6.42 Å². The Bertz CT molecular complexity index is 522. The third-order valence-corrected chi connectivity index (χ3v) is 5.10. The smallest absolute Gasteiger partial charge is 0.269 e. The van der Waals surface area contributed by atoms with Crippen molar-refractivity contribution in [3.8, 4) is 0 Å². The van der Waals surface area contributed by atoms with Gasteiger partial charge < -0.3 is 10.8 Å². The van der Waals surface area contributed by atoms with Crippen LogP contribution >= 0.6 is 0 Å². The average Bonchev–Trinajstić information content (AvgIpc) is 2.98. The zero-order valence-corrected chi connectivity index (χ0v) is 13.1. The molecule has 1 saturated carbocycles. The van der Waals surface area contributed by atoms with Crippen molar-refractivity contribution >= 4 is 5.91 Å². The first-order valence-corrected chi connectivity index (χ1v) is 8.36. The summed E-state index contributed by atoms with van der Waals surface area (Å²) in [6.45, 7) is 2.71. The molecular weight excluding hydrogens is 280 g/mol. The molecule has 1 aliphatic heterocycles. The molecule has 0 aromatic carbocycles. The van der Waals surface area contributed by atoms with Gasteiger partial charge in [-0.3, -0.25) is 14.8 Å². The van der Waals surface area contributed by atoms with E-state index in [0.717, 1.165) is 63.9 Å². The highest BCUT2D eigenvalue weighted by atomic mass is 16.3. The van der Waals surface area contributed by atoms with Crippen LogP contribution in [0.5, 0.6) is 0 Å². The van der Waals surface area contributed by atoms with E-state index in [9.17, 15) is 9.90 Å². The number of aromatic nitrogens is 2. The van der Waals surface area contributed by atoms with Gasteiger partial charge in [-0.05, 0) is 38.3 Å². The third kappa shape index (κ3) is 3.50. The molecule has 1 aliphatic carbocycles. The van der Waals surface area contributed by atoms with E-state index in [0.29, 0.717) is 11.6 Å². The minimum Gasteiger partial charge on any atom is -0.389 e. The van der Waals surface area contributed by atoms with Gasteiger partial charge in [0.25, 0.3) is 5.91 Å². The van der Waals surface area contributed by atoms with Crippen LogP contribution in [-0.2, 0) is 0 Å². The maximum absolute atomic E-state index is 11.2. The maximum Gasteiger partial charge on any atom is 0.269 e. The molecule has 2 fully saturated rings. The highest BCUT2D eigenvalue weighted by Gasteiger charge is 2.33. The lowest BCUT2D eigenvalue weighted by atomic mass is 9.83. The summed E-state index contributed by atoms with van der Waals surface area (Å²) in [5.74, 6) is -0.159. The molecule has 4 N–H and O–H groups in total. The number of likely N-dealkylation sites (tertiary alicyclic amines) is 1. The summed E-state index contributed by atoms with van der Waals surface area (Å²) in [6.07, 6.45) is 7.54. The number of primary amides is 1. The number of H-pyrrole nitrogens is 1. The highest BCUT2D eigenvalue weighted by molar-refractivity contribution is 5.90. The highest BCUT2D eigenvalue weighted by Crippen LogP contribution is 2.32. The molecule has 2 aliphatic rings. The molecule has 0 radical (unpaired) electrons. The minimum absolute atomic E-state index is 0.304. The number of aliphatic hydroxyl groups is 1. The van der Waals surface area contributed by atoms with Crippen LogP contribution in [0.15, 0.2) is 6.07 Å². The first-order chi connectivity index (χ1) is 10.6. The monoisotopic (exact) mass is 306 g/mol. The van der Waals surface area contributed by atoms with Gasteiger partial charge >= 0.3 is 0 Å². The number of piperidine rings is 1. The molecule has 0 unspecified atom stereocenters. The number of nitrogens with two attached hydrogens (primary N) is 1. The number of rotatable bonds is 4. The molecule has 1 aromatic heterocycles. The predicted octanol–water partition coefficient (Wildman–Crippen LogP) is 1.38. The lowest BCUT2D eigenvalue weighted by Crippen LogP contribution is -2.47. The van der Waals surface area contributed by atoms with Crippen LogP contribution in [0.3, 0.4) is 0 Å². The van der Waals surface area contributed by atoms with E-state index < -0.39 is 11.5 Å². The summed E-state index contributed by atoms with van der Waals surface area (Å²) in [6, 6.07) is 1.77. The molecule has 1 saturated heterocycles. The molecule has 0 spiro atoms. The first kappa shape index (κ1) is 15.5. The first-order valence-electron chi connectivity index (χ1n) is 8.36. The molecule has 2 heterocycles. The Morgan fingerprint density at radius 2 is 2.18 bits per heavy atom. The lowest BCUT2D eigenvalue weighted by Gasteiger charge is -2.40. The summed E-state index contributed by atoms with van der Waals surface area (Å²) in [5, 5.41) is 17.7. The van der Waals surface area contributed by atoms with Gasteiger partial charge in [-0.1, -0.05) is 19.3 Å². The number of carbonyl (C=O) groups excluding carboxylic acids is 1. The van der Waals surface area contributed by atoms with Crippen LogP contribution in [0.1, 0.15) is 67.0 Å². The molecule has 6 heteroatoms. The van der Waals surface area contributed by atoms with Crippen LogP contribution in [0.25, 0.3) is 0 Å². The van der Waals surface area contributed by atoms with Crippen LogP contribution in [0.4, 0.5) is 0 Å². The molecule has 3 rings (SSSR count). The number of amides is 1. The summed E-state index contributed by atoms with van der Waals surface area (Å²) in [4.78, 5) is 13.5. The van der Waals surface area contributed by atoms with Crippen LogP contribution < -0.4 is 5.73 Å². The standard InChI is InChI=1S/C16H26N4O2/c17-15(21)14-9-13(18-19-14)12-5-4-8-20(10-12)11-16(22)6-2-1-3-7-16/h9,12,22H,1-8,10-11H2,(H2,17,21)(H,18,19)/t12-/m1/s1. The normalized spacial score (nSPS) is 26.0. The summed E-state index contributed by atoms with van der Waals surface area (Å²) < 4.78 is 0. The number of hydrogen-bond acceptors (Lipinski definition) is 4. The van der Waals surface area contributed by atoms with Crippen molar-refractivity contribution in [2.75, 3.05) is 19.6 Å². The van der Waals surface area contributed by atoms with Gasteiger partial charge in [0.1, 0.15) is 5.69 Å². The van der Waals surface area contributed by atoms with Gasteiger partial charge in [-0.25, -0.2) is 0 Å². The molecule has 1 atom stereocenters. The van der Waals surface area contributed by atoms with Crippen molar-refractivity contribution in [3.05, 3.63) is 17.5 Å². The fourth-order valence-electron chi connectivity index (χ4n) is 3.91. The van der Waals surface area contributed by atoms with Crippen molar-refractivity contribution in [2.45, 2.75) is 56.5 Å². The zero-order chi connectivity index (χ0) is 15.6. The van der Waals surface area contributed by atoms with E-state index in [2.05, 4.69) is 15.1 Å². The number of hydrogen-bond donors (Lipinski definition) is 3. The number of carbonyl (C=O) groups is 1. The van der Waals surface area contributed by atoms with E-state index >= 15 is 0 Å². The van der Waals surface area contributed by atoms with Gasteiger partial charge in [0.15, 0.2) is 0 Å². The largest absolute Gasteiger partial charge is 0.389 e. The number of nitrogens with zero attached hydrogens (tertiary/aromatic N) is 2. The van der Waals surface area contributed by atoms with E-state index in [1.807, 2.05) is 0 Å². The Kier molecular flexibility index (Phi) is 4.49. The Morgan fingerprint density at radius 3 is 2.86 bits per heavy atom. The van der Waals surface area contributed by atoms with Crippen molar-refractivity contribution < 1.29 is 9.90 Å². The van der Waals surface area contributed by atoms with Crippen molar-refractivity contribution in [2.24, 2.45) is 5.73 Å². The number of nitrogens with one attached hydrogen (secondary N) is 1. The molecule has 1 aromatic rings. The quantitative estimate of drug-likeness (QED) is 0.783. The Hall–Kier alpha value is -1.40. The summed E-state index contributed by atoms with van der Waals surface area (Å²) in [7, 11) is 0. The second-order valence-electron chi connectivity index (χ2n) is 6.93. The minimum atomic E-state index is -0.507. The van der Waals surface area contributed by atoms with Gasteiger partial charge in [0.05, 0.1) is 5.60 Å². The maximum atomic E-state index is 11.2. The van der Waals surface area contributed by atoms with Crippen LogP contribution in [0, 0.1) is 0 Å². The molecule has 6 nitrogen and oxygen atoms in total. The van der Waals surface area contributed by atoms with Gasteiger partial charge in [0.2, 0.25) is 0 Å². The summed E-state index contributed by atoms with van der Waals surface area (Å²) in [5.41, 5.74) is 6.04. The van der Waals surface area contributed by atoms with Gasteiger partial charge in [0, 0.05) is 24.7 Å². The summed E-state index contributed by atoms with van der Waals surface area (Å²) >= 11 is 0. The van der Waals surface area contributed by atoms with E-state index in [4.69, 9.17) is 5.73 Å². The van der Waals surface area contributed by atoms with E-state index in [1.54, 1.807) is 6.07 Å². The van der Waals surface area contributed by atoms with Gasteiger partial charge in [-0.2, -0.15) is 5.10 Å². The van der Waals surface area contributed by atoms with Crippen molar-refractivity contribution in [1.82, 2.24) is 15.1 Å². The topological polar surface area (TPSA) is 95.2 Å². The molecule has 22 heavy (non-hydrogen) atoms. The SMILES string of the molecule is NC(=O)c1cc([C@@H]2CCCN(CC3(O)CCCCC3)C2)[nH]n1. The van der Waals surface area contributed by atoms with Crippen LogP contribution in [0.2, 0.25) is 0 Å². The Morgan fingerprint density at radius 1 is 1.41 bits per heavy atom. The molecule has 122 valence electrons. The van der Waals surface area contributed by atoms with Gasteiger partial charge in [-0.15, -0.1) is 0 Å². The lowest BCUT2D eigenvalue weighted by molar-refractivity contribution is -0.0314. The van der Waals surface area contributed by atoms with Crippen LogP contribution in [-0.4, -0.2) is 51.3 Å². The Labute approximate surface area is 131 Å². The predicted molar refractivity (Wildman–Crippen MR) is 83.6 cm³/mol. The van der Waals surface area contributed by atoms with E-state index in [-0.39, 0.29) is 0 Å². The number of aromatic amines is 1. The van der Waals surface area contributed by atoms with Crippen molar-refractivity contribution in [1.29, 1.82) is 0 Å². The van der Waals surface area contributed by atoms with Crippen molar-refractivity contribution in [3.63, 3.8) is 0 Å². The zero-order valence-electron chi connectivity index (χ0n) is 13.1. The Balaban J connectivity index is 1.62. The fraction of sp³-hybridized carbons (Fsp3) is 0.750. The number of β-amino-alcohol motifs (C(OH)–C–C–N with tert-alkyl or cyclic N) is 1. The fourth-order valence-corrected chi connectivity index (χ4v) is 3.91. The molecule has 0 bridgehead atoms. The second-order valence-corrected chi connectivity index (χ2v) is 6.93. The second kappa shape index (κ2) is 6.38. The average molecular weight is 306 g/mol. The third-order valence-electron chi connectivity index (χ3n) is 5.10. The molecule has 1 amide bonds. The molecular formula is C16H26N4O2.